The highest BCUT2D eigenvalue weighted by Gasteiger charge is 2.47. The molecule has 0 saturated heterocycles. The fraction of sp³-hybridized carbons (Fsp3) is 0.857. The van der Waals surface area contributed by atoms with Crippen molar-refractivity contribution < 1.29 is 14.3 Å². The Morgan fingerprint density at radius 1 is 1.24 bits per heavy atom. The summed E-state index contributed by atoms with van der Waals surface area (Å²) in [4.78, 5) is 21.6. The largest absolute Gasteiger partial charge is 0.372 e. The fourth-order valence-corrected chi connectivity index (χ4v) is 2.88. The van der Waals surface area contributed by atoms with Crippen LogP contribution in [0.2, 0.25) is 0 Å². The summed E-state index contributed by atoms with van der Waals surface area (Å²) in [7, 11) is 0. The van der Waals surface area contributed by atoms with Gasteiger partial charge in [-0.2, -0.15) is 0 Å². The molecule has 1 aliphatic carbocycles. The van der Waals surface area contributed by atoms with E-state index in [-0.39, 0.29) is 23.0 Å². The first kappa shape index (κ1) is 14.4. The van der Waals surface area contributed by atoms with Gasteiger partial charge in [-0.05, 0) is 39.5 Å². The van der Waals surface area contributed by atoms with Crippen LogP contribution in [-0.2, 0) is 14.3 Å². The molecule has 1 saturated carbocycles. The molecule has 0 spiro atoms. The lowest BCUT2D eigenvalue weighted by Gasteiger charge is -2.38. The Labute approximate surface area is 104 Å². The molecule has 0 aromatic rings. The van der Waals surface area contributed by atoms with Crippen LogP contribution in [0.1, 0.15) is 53.4 Å². The van der Waals surface area contributed by atoms with E-state index in [1.165, 1.54) is 0 Å². The van der Waals surface area contributed by atoms with Crippen LogP contribution >= 0.6 is 0 Å². The molecule has 0 aromatic carbocycles. The zero-order chi connectivity index (χ0) is 13.1. The third-order valence-corrected chi connectivity index (χ3v) is 3.85. The summed E-state index contributed by atoms with van der Waals surface area (Å²) in [5.74, 6) is 0.276. The number of carbonyl (C=O) groups is 2. The SMILES string of the molecule is CC(C)(C)O[C@H]1CCC(CC=O)[C@]1(C)CC=O. The minimum Gasteiger partial charge on any atom is -0.372 e. The summed E-state index contributed by atoms with van der Waals surface area (Å²) in [6.45, 7) is 8.17. The molecule has 0 bridgehead atoms. The zero-order valence-electron chi connectivity index (χ0n) is 11.4. The molecular formula is C14H24O3. The number of ether oxygens (including phenoxy) is 1. The van der Waals surface area contributed by atoms with Gasteiger partial charge in [0.2, 0.25) is 0 Å². The summed E-state index contributed by atoms with van der Waals surface area (Å²) >= 11 is 0. The van der Waals surface area contributed by atoms with E-state index in [9.17, 15) is 9.59 Å². The molecule has 17 heavy (non-hydrogen) atoms. The second kappa shape index (κ2) is 5.30. The van der Waals surface area contributed by atoms with Crippen molar-refractivity contribution in [2.75, 3.05) is 0 Å². The molecule has 98 valence electrons. The van der Waals surface area contributed by atoms with Crippen LogP contribution in [0.3, 0.4) is 0 Å². The molecule has 3 nitrogen and oxygen atoms in total. The van der Waals surface area contributed by atoms with E-state index in [0.717, 1.165) is 25.4 Å². The highest BCUT2D eigenvalue weighted by molar-refractivity contribution is 5.53. The van der Waals surface area contributed by atoms with Crippen LogP contribution < -0.4 is 0 Å². The van der Waals surface area contributed by atoms with E-state index >= 15 is 0 Å². The number of hydrogen-bond acceptors (Lipinski definition) is 3. The lowest BCUT2D eigenvalue weighted by atomic mass is 9.74. The first-order valence-electron chi connectivity index (χ1n) is 6.38. The molecular weight excluding hydrogens is 216 g/mol. The maximum absolute atomic E-state index is 10.9. The lowest BCUT2D eigenvalue weighted by Crippen LogP contribution is -2.39. The van der Waals surface area contributed by atoms with Crippen LogP contribution in [-0.4, -0.2) is 24.3 Å². The van der Waals surface area contributed by atoms with Gasteiger partial charge in [0, 0.05) is 18.3 Å². The van der Waals surface area contributed by atoms with Crippen LogP contribution in [0, 0.1) is 11.3 Å². The maximum Gasteiger partial charge on any atom is 0.120 e. The van der Waals surface area contributed by atoms with Crippen LogP contribution in [0.4, 0.5) is 0 Å². The van der Waals surface area contributed by atoms with E-state index in [2.05, 4.69) is 6.92 Å². The molecule has 0 heterocycles. The minimum absolute atomic E-state index is 0.0812. The molecule has 3 atom stereocenters. The van der Waals surface area contributed by atoms with Crippen molar-refractivity contribution >= 4 is 12.6 Å². The number of carbonyl (C=O) groups excluding carboxylic acids is 2. The van der Waals surface area contributed by atoms with E-state index in [4.69, 9.17) is 4.74 Å². The molecule has 1 unspecified atom stereocenters. The van der Waals surface area contributed by atoms with Crippen LogP contribution in [0.25, 0.3) is 0 Å². The highest BCUT2D eigenvalue weighted by atomic mass is 16.5. The van der Waals surface area contributed by atoms with Gasteiger partial charge in [-0.1, -0.05) is 6.92 Å². The standard InChI is InChI=1S/C14H24O3/c1-13(2,3)17-12-6-5-11(7-9-15)14(12,4)8-10-16/h9-12H,5-8H2,1-4H3/t11?,12-,14-/m0/s1. The minimum atomic E-state index is -0.203. The van der Waals surface area contributed by atoms with Gasteiger partial charge in [-0.15, -0.1) is 0 Å². The van der Waals surface area contributed by atoms with Crippen molar-refractivity contribution in [2.45, 2.75) is 65.1 Å². The third kappa shape index (κ3) is 3.38. The van der Waals surface area contributed by atoms with E-state index in [1.807, 2.05) is 20.8 Å². The normalized spacial score (nSPS) is 33.6. The molecule has 0 aromatic heterocycles. The predicted molar refractivity (Wildman–Crippen MR) is 66.8 cm³/mol. The quantitative estimate of drug-likeness (QED) is 0.694. The van der Waals surface area contributed by atoms with Crippen molar-refractivity contribution in [3.05, 3.63) is 0 Å². The summed E-state index contributed by atoms with van der Waals surface area (Å²) in [5.41, 5.74) is -0.388. The summed E-state index contributed by atoms with van der Waals surface area (Å²) < 4.78 is 6.07. The molecule has 0 radical (unpaired) electrons. The number of rotatable bonds is 5. The van der Waals surface area contributed by atoms with Gasteiger partial charge in [-0.25, -0.2) is 0 Å². The molecule has 1 rings (SSSR count). The molecule has 0 N–H and O–H groups in total. The first-order chi connectivity index (χ1) is 7.83. The van der Waals surface area contributed by atoms with Gasteiger partial charge in [-0.3, -0.25) is 0 Å². The fourth-order valence-electron chi connectivity index (χ4n) is 2.88. The maximum atomic E-state index is 10.9. The molecule has 1 fully saturated rings. The van der Waals surface area contributed by atoms with Crippen molar-refractivity contribution in [3.63, 3.8) is 0 Å². The first-order valence-corrected chi connectivity index (χ1v) is 6.38. The molecule has 0 amide bonds. The monoisotopic (exact) mass is 240 g/mol. The van der Waals surface area contributed by atoms with E-state index in [0.29, 0.717) is 12.8 Å². The van der Waals surface area contributed by atoms with Crippen molar-refractivity contribution in [3.8, 4) is 0 Å². The van der Waals surface area contributed by atoms with Gasteiger partial charge >= 0.3 is 0 Å². The molecule has 1 aliphatic rings. The summed E-state index contributed by atoms with van der Waals surface area (Å²) in [5, 5.41) is 0. The van der Waals surface area contributed by atoms with Crippen LogP contribution in [0.15, 0.2) is 0 Å². The summed E-state index contributed by atoms with van der Waals surface area (Å²) in [6, 6.07) is 0. The smallest absolute Gasteiger partial charge is 0.120 e. The van der Waals surface area contributed by atoms with E-state index in [1.54, 1.807) is 0 Å². The number of aldehydes is 2. The highest BCUT2D eigenvalue weighted by Crippen LogP contribution is 2.49. The van der Waals surface area contributed by atoms with Gasteiger partial charge in [0.1, 0.15) is 12.6 Å². The Morgan fingerprint density at radius 2 is 1.88 bits per heavy atom. The third-order valence-electron chi connectivity index (χ3n) is 3.85. The average Bonchev–Trinajstić information content (AvgIpc) is 2.45. The average molecular weight is 240 g/mol. The molecule has 0 aliphatic heterocycles. The topological polar surface area (TPSA) is 43.4 Å². The Morgan fingerprint density at radius 3 is 2.35 bits per heavy atom. The second-order valence-corrected chi connectivity index (χ2v) is 6.27. The van der Waals surface area contributed by atoms with Crippen molar-refractivity contribution in [2.24, 2.45) is 11.3 Å². The van der Waals surface area contributed by atoms with Crippen molar-refractivity contribution in [1.29, 1.82) is 0 Å². The second-order valence-electron chi connectivity index (χ2n) is 6.27. The van der Waals surface area contributed by atoms with Gasteiger partial charge in [0.05, 0.1) is 11.7 Å². The molecule has 3 heteroatoms. The Kier molecular flexibility index (Phi) is 4.48. The predicted octanol–water partition coefficient (Wildman–Crippen LogP) is 2.76. The summed E-state index contributed by atoms with van der Waals surface area (Å²) in [6.07, 6.45) is 4.94. The Bertz CT molecular complexity index is 280. The number of hydrogen-bond donors (Lipinski definition) is 0. The van der Waals surface area contributed by atoms with Gasteiger partial charge in [0.15, 0.2) is 0 Å². The van der Waals surface area contributed by atoms with Crippen LogP contribution in [0.5, 0.6) is 0 Å². The zero-order valence-corrected chi connectivity index (χ0v) is 11.4. The van der Waals surface area contributed by atoms with Gasteiger partial charge in [0.25, 0.3) is 0 Å². The Balaban J connectivity index is 2.83. The lowest BCUT2D eigenvalue weighted by molar-refractivity contribution is -0.127. The van der Waals surface area contributed by atoms with Gasteiger partial charge < -0.3 is 14.3 Å². The van der Waals surface area contributed by atoms with Crippen molar-refractivity contribution in [1.82, 2.24) is 0 Å². The van der Waals surface area contributed by atoms with E-state index < -0.39 is 0 Å². The Hall–Kier alpha value is -0.700.